The highest BCUT2D eigenvalue weighted by molar-refractivity contribution is 7.89. The maximum absolute atomic E-state index is 13.0. The second-order valence-electron chi connectivity index (χ2n) is 7.14. The molecule has 10 heteroatoms. The summed E-state index contributed by atoms with van der Waals surface area (Å²) < 4.78 is 37.7. The number of nitrogens with zero attached hydrogens (tertiary/aromatic N) is 1. The zero-order valence-electron chi connectivity index (χ0n) is 17.4. The summed E-state index contributed by atoms with van der Waals surface area (Å²) in [5.74, 6) is -0.633. The van der Waals surface area contributed by atoms with Gasteiger partial charge in [-0.2, -0.15) is 4.31 Å². The number of sulfonamides is 1. The molecule has 1 N–H and O–H groups in total. The fourth-order valence-corrected chi connectivity index (χ4v) is 6.02. The minimum absolute atomic E-state index is 0.0696. The highest BCUT2D eigenvalue weighted by Gasteiger charge is 2.28. The zero-order valence-corrected chi connectivity index (χ0v) is 19.0. The van der Waals surface area contributed by atoms with Crippen molar-refractivity contribution in [2.45, 2.75) is 24.7 Å². The van der Waals surface area contributed by atoms with Crippen LogP contribution < -0.4 is 5.32 Å². The Hall–Kier alpha value is -2.95. The van der Waals surface area contributed by atoms with Crippen molar-refractivity contribution in [2.75, 3.05) is 25.0 Å². The van der Waals surface area contributed by atoms with Gasteiger partial charge in [0.05, 0.1) is 17.8 Å². The van der Waals surface area contributed by atoms with Crippen molar-refractivity contribution in [1.82, 2.24) is 4.31 Å². The molecule has 0 radical (unpaired) electrons. The molecule has 3 heterocycles. The van der Waals surface area contributed by atoms with Crippen molar-refractivity contribution >= 4 is 38.2 Å². The van der Waals surface area contributed by atoms with E-state index in [0.29, 0.717) is 29.4 Å². The van der Waals surface area contributed by atoms with E-state index < -0.39 is 21.9 Å². The standard InChI is InChI=1S/C22H22N2O6S2/c1-2-29-22(26)19-17(18-9-6-12-30-18)14-31-21(19)23-20(25)15-7-5-8-16(13-15)32(27,28)24-10-3-4-11-24/h5-9,12-14H,2-4,10-11H2,1H3,(H,23,25). The number of ether oxygens (including phenoxy) is 1. The van der Waals surface area contributed by atoms with Crippen LogP contribution in [-0.4, -0.2) is 44.3 Å². The molecule has 4 rings (SSSR count). The maximum Gasteiger partial charge on any atom is 0.341 e. The SMILES string of the molecule is CCOC(=O)c1c(-c2ccco2)csc1NC(=O)c1cccc(S(=O)(=O)N2CCCC2)c1. The van der Waals surface area contributed by atoms with E-state index in [9.17, 15) is 18.0 Å². The van der Waals surface area contributed by atoms with Gasteiger partial charge in [-0.15, -0.1) is 11.3 Å². The van der Waals surface area contributed by atoms with Gasteiger partial charge in [0.2, 0.25) is 10.0 Å². The van der Waals surface area contributed by atoms with E-state index >= 15 is 0 Å². The molecule has 1 aliphatic heterocycles. The molecule has 0 bridgehead atoms. The van der Waals surface area contributed by atoms with E-state index in [4.69, 9.17) is 9.15 Å². The minimum atomic E-state index is -3.65. The van der Waals surface area contributed by atoms with Gasteiger partial charge in [0.1, 0.15) is 16.3 Å². The minimum Gasteiger partial charge on any atom is -0.464 e. The van der Waals surface area contributed by atoms with Crippen LogP contribution in [0.2, 0.25) is 0 Å². The van der Waals surface area contributed by atoms with Gasteiger partial charge in [-0.3, -0.25) is 4.79 Å². The second-order valence-corrected chi connectivity index (χ2v) is 9.96. The van der Waals surface area contributed by atoms with E-state index in [1.807, 2.05) is 0 Å². The second kappa shape index (κ2) is 9.27. The van der Waals surface area contributed by atoms with E-state index in [0.717, 1.165) is 24.2 Å². The molecule has 168 valence electrons. The molecule has 1 aromatic carbocycles. The molecule has 3 aromatic rings. The van der Waals surface area contributed by atoms with Crippen LogP contribution in [0.4, 0.5) is 5.00 Å². The first-order chi connectivity index (χ1) is 15.4. The molecular formula is C22H22N2O6S2. The summed E-state index contributed by atoms with van der Waals surface area (Å²) in [5.41, 5.74) is 0.883. The molecule has 1 amide bonds. The topological polar surface area (TPSA) is 106 Å². The number of esters is 1. The lowest BCUT2D eigenvalue weighted by Crippen LogP contribution is -2.28. The highest BCUT2D eigenvalue weighted by Crippen LogP contribution is 2.36. The smallest absolute Gasteiger partial charge is 0.341 e. The van der Waals surface area contributed by atoms with Crippen LogP contribution in [0, 0.1) is 0 Å². The Labute approximate surface area is 189 Å². The predicted octanol–water partition coefficient (Wildman–Crippen LogP) is 4.22. The van der Waals surface area contributed by atoms with Crippen LogP contribution in [0.15, 0.2) is 57.4 Å². The molecule has 0 atom stereocenters. The van der Waals surface area contributed by atoms with Crippen LogP contribution in [0.25, 0.3) is 11.3 Å². The first kappa shape index (κ1) is 22.3. The summed E-state index contributed by atoms with van der Waals surface area (Å²) in [7, 11) is -3.65. The predicted molar refractivity (Wildman–Crippen MR) is 120 cm³/mol. The average Bonchev–Trinajstić information content (AvgIpc) is 3.55. The fraction of sp³-hybridized carbons (Fsp3) is 0.273. The van der Waals surface area contributed by atoms with Crippen LogP contribution >= 0.6 is 11.3 Å². The number of anilines is 1. The average molecular weight is 475 g/mol. The molecule has 1 aliphatic rings. The van der Waals surface area contributed by atoms with Crippen LogP contribution in [-0.2, 0) is 14.8 Å². The number of carbonyl (C=O) groups excluding carboxylic acids is 2. The number of hydrogen-bond acceptors (Lipinski definition) is 7. The van der Waals surface area contributed by atoms with Crippen molar-refractivity contribution in [3.63, 3.8) is 0 Å². The molecule has 0 aliphatic carbocycles. The van der Waals surface area contributed by atoms with E-state index in [1.54, 1.807) is 24.4 Å². The number of hydrogen-bond donors (Lipinski definition) is 1. The first-order valence-electron chi connectivity index (χ1n) is 10.2. The van der Waals surface area contributed by atoms with Gasteiger partial charge >= 0.3 is 5.97 Å². The summed E-state index contributed by atoms with van der Waals surface area (Å²) in [6, 6.07) is 9.31. The summed E-state index contributed by atoms with van der Waals surface area (Å²) in [6.07, 6.45) is 3.14. The van der Waals surface area contributed by atoms with Gasteiger partial charge in [-0.25, -0.2) is 13.2 Å². The lowest BCUT2D eigenvalue weighted by atomic mass is 10.1. The van der Waals surface area contributed by atoms with Crippen molar-refractivity contribution in [3.05, 3.63) is 59.2 Å². The van der Waals surface area contributed by atoms with Gasteiger partial charge in [0, 0.05) is 29.6 Å². The van der Waals surface area contributed by atoms with Gasteiger partial charge in [-0.1, -0.05) is 6.07 Å². The number of carbonyl (C=O) groups is 2. The third kappa shape index (κ3) is 4.34. The van der Waals surface area contributed by atoms with Crippen LogP contribution in [0.5, 0.6) is 0 Å². The van der Waals surface area contributed by atoms with Crippen molar-refractivity contribution < 1.29 is 27.2 Å². The third-order valence-corrected chi connectivity index (χ3v) is 7.87. The summed E-state index contributed by atoms with van der Waals surface area (Å²) in [6.45, 7) is 2.83. The first-order valence-corrected chi connectivity index (χ1v) is 12.5. The number of benzene rings is 1. The van der Waals surface area contributed by atoms with Crippen molar-refractivity contribution in [1.29, 1.82) is 0 Å². The number of furan rings is 1. The third-order valence-electron chi connectivity index (χ3n) is 5.08. The molecule has 0 unspecified atom stereocenters. The van der Waals surface area contributed by atoms with Crippen molar-refractivity contribution in [2.24, 2.45) is 0 Å². The summed E-state index contributed by atoms with van der Waals surface area (Å²) >= 11 is 1.16. The lowest BCUT2D eigenvalue weighted by molar-refractivity contribution is 0.0528. The Morgan fingerprint density at radius 1 is 1.19 bits per heavy atom. The number of amides is 1. The molecule has 2 aromatic heterocycles. The summed E-state index contributed by atoms with van der Waals surface area (Å²) in [4.78, 5) is 25.6. The van der Waals surface area contributed by atoms with Gasteiger partial charge in [0.15, 0.2) is 0 Å². The Balaban J connectivity index is 1.63. The lowest BCUT2D eigenvalue weighted by Gasteiger charge is -2.16. The number of rotatable bonds is 7. The Morgan fingerprint density at radius 3 is 2.66 bits per heavy atom. The molecule has 8 nitrogen and oxygen atoms in total. The zero-order chi connectivity index (χ0) is 22.7. The molecule has 32 heavy (non-hydrogen) atoms. The Morgan fingerprint density at radius 2 is 1.97 bits per heavy atom. The molecule has 0 spiro atoms. The molecule has 0 saturated carbocycles. The Bertz CT molecular complexity index is 1230. The Kier molecular flexibility index (Phi) is 6.45. The maximum atomic E-state index is 13.0. The van der Waals surface area contributed by atoms with E-state index in [-0.39, 0.29) is 22.6 Å². The number of thiophene rings is 1. The quantitative estimate of drug-likeness (QED) is 0.514. The van der Waals surface area contributed by atoms with Gasteiger partial charge in [-0.05, 0) is 50.1 Å². The molecular weight excluding hydrogens is 452 g/mol. The monoisotopic (exact) mass is 474 g/mol. The van der Waals surface area contributed by atoms with Crippen LogP contribution in [0.3, 0.4) is 0 Å². The van der Waals surface area contributed by atoms with Crippen molar-refractivity contribution in [3.8, 4) is 11.3 Å². The van der Waals surface area contributed by atoms with E-state index in [2.05, 4.69) is 5.32 Å². The van der Waals surface area contributed by atoms with Gasteiger partial charge in [0.25, 0.3) is 5.91 Å². The molecule has 1 fully saturated rings. The van der Waals surface area contributed by atoms with E-state index in [1.165, 1.54) is 34.8 Å². The largest absolute Gasteiger partial charge is 0.464 e. The fourth-order valence-electron chi connectivity index (χ4n) is 3.52. The number of nitrogens with one attached hydrogen (secondary N) is 1. The van der Waals surface area contributed by atoms with Gasteiger partial charge < -0.3 is 14.5 Å². The van der Waals surface area contributed by atoms with Crippen LogP contribution in [0.1, 0.15) is 40.5 Å². The summed E-state index contributed by atoms with van der Waals surface area (Å²) in [5, 5.41) is 4.73. The highest BCUT2D eigenvalue weighted by atomic mass is 32.2. The molecule has 1 saturated heterocycles. The normalized spacial score (nSPS) is 14.4.